The van der Waals surface area contributed by atoms with Crippen molar-refractivity contribution in [3.8, 4) is 0 Å². The lowest BCUT2D eigenvalue weighted by Crippen LogP contribution is -2.28. The largest absolute Gasteiger partial charge is 0.464 e. The molecule has 3 N–H and O–H groups in total. The molecule has 0 radical (unpaired) electrons. The van der Waals surface area contributed by atoms with Gasteiger partial charge in [-0.2, -0.15) is 0 Å². The smallest absolute Gasteiger partial charge is 0.225 e. The highest BCUT2D eigenvalue weighted by atomic mass is 32.1. The zero-order valence-electron chi connectivity index (χ0n) is 13.2. The second-order valence-electron chi connectivity index (χ2n) is 5.66. The molecule has 23 heavy (non-hydrogen) atoms. The van der Waals surface area contributed by atoms with E-state index in [0.717, 1.165) is 27.7 Å². The highest BCUT2D eigenvalue weighted by Crippen LogP contribution is 2.27. The predicted molar refractivity (Wildman–Crippen MR) is 90.3 cm³/mol. The van der Waals surface area contributed by atoms with Gasteiger partial charge in [-0.15, -0.1) is 10.2 Å². The minimum atomic E-state index is -0.223. The summed E-state index contributed by atoms with van der Waals surface area (Å²) in [6, 6.07) is 3.85. The number of aromatic nitrogens is 2. The number of benzene rings is 1. The molecule has 0 spiro atoms. The molecule has 1 aromatic carbocycles. The van der Waals surface area contributed by atoms with E-state index < -0.39 is 0 Å². The first-order chi connectivity index (χ1) is 10.9. The number of carbonyl (C=O) groups is 1. The summed E-state index contributed by atoms with van der Waals surface area (Å²) in [7, 11) is 0. The Bertz CT molecular complexity index is 868. The normalized spacial score (nSPS) is 12.5. The maximum absolute atomic E-state index is 12.3. The van der Waals surface area contributed by atoms with Gasteiger partial charge in [0.1, 0.15) is 10.6 Å². The number of nitrogens with zero attached hydrogens (tertiary/aromatic N) is 2. The number of rotatable bonds is 4. The van der Waals surface area contributed by atoms with Gasteiger partial charge in [-0.1, -0.05) is 17.4 Å². The summed E-state index contributed by atoms with van der Waals surface area (Å²) in [5.41, 5.74) is 9.52. The highest BCUT2D eigenvalue weighted by molar-refractivity contribution is 7.15. The standard InChI is InChI=1S/C16H18N4O2S/c1-8-4-9(2)14-11(7-22-12(14)5-8)6-13(21)18-10(3)15-19-20-16(17)23-15/h4-5,7,10H,6H2,1-3H3,(H2,17,20)(H,18,21)/t10-/m0/s1. The van der Waals surface area contributed by atoms with Crippen LogP contribution in [-0.4, -0.2) is 16.1 Å². The number of hydrogen-bond acceptors (Lipinski definition) is 6. The average Bonchev–Trinajstić information content (AvgIpc) is 3.05. The monoisotopic (exact) mass is 330 g/mol. The molecule has 0 bridgehead atoms. The highest BCUT2D eigenvalue weighted by Gasteiger charge is 2.17. The summed E-state index contributed by atoms with van der Waals surface area (Å²) < 4.78 is 5.59. The first-order valence-electron chi connectivity index (χ1n) is 7.29. The van der Waals surface area contributed by atoms with Crippen LogP contribution in [0, 0.1) is 13.8 Å². The van der Waals surface area contributed by atoms with Gasteiger partial charge in [-0.25, -0.2) is 0 Å². The van der Waals surface area contributed by atoms with Crippen LogP contribution in [0.5, 0.6) is 0 Å². The van der Waals surface area contributed by atoms with E-state index in [1.165, 1.54) is 11.3 Å². The van der Waals surface area contributed by atoms with Gasteiger partial charge < -0.3 is 15.5 Å². The third-order valence-electron chi connectivity index (χ3n) is 3.65. The van der Waals surface area contributed by atoms with Crippen molar-refractivity contribution in [2.45, 2.75) is 33.2 Å². The summed E-state index contributed by atoms with van der Waals surface area (Å²) in [6.45, 7) is 5.91. The van der Waals surface area contributed by atoms with Crippen LogP contribution in [0.25, 0.3) is 11.0 Å². The summed E-state index contributed by atoms with van der Waals surface area (Å²) in [4.78, 5) is 12.3. The van der Waals surface area contributed by atoms with E-state index in [1.54, 1.807) is 6.26 Å². The topological polar surface area (TPSA) is 94.0 Å². The summed E-state index contributed by atoms with van der Waals surface area (Å²) in [6.07, 6.45) is 1.92. The van der Waals surface area contributed by atoms with Gasteiger partial charge in [0.2, 0.25) is 11.0 Å². The van der Waals surface area contributed by atoms with Crippen LogP contribution < -0.4 is 11.1 Å². The molecule has 7 heteroatoms. The fourth-order valence-electron chi connectivity index (χ4n) is 2.71. The Kier molecular flexibility index (Phi) is 4.04. The molecule has 0 aliphatic heterocycles. The van der Waals surface area contributed by atoms with Crippen molar-refractivity contribution in [2.24, 2.45) is 0 Å². The molecule has 0 aliphatic rings. The Hall–Kier alpha value is -2.41. The molecule has 0 fully saturated rings. The number of nitrogen functional groups attached to an aromatic ring is 1. The maximum atomic E-state index is 12.3. The summed E-state index contributed by atoms with van der Waals surface area (Å²) in [5, 5.41) is 12.7. The average molecular weight is 330 g/mol. The molecule has 120 valence electrons. The van der Waals surface area contributed by atoms with Crippen molar-refractivity contribution in [3.63, 3.8) is 0 Å². The Morgan fingerprint density at radius 1 is 1.39 bits per heavy atom. The van der Waals surface area contributed by atoms with Crippen LogP contribution >= 0.6 is 11.3 Å². The molecule has 0 unspecified atom stereocenters. The number of anilines is 1. The van der Waals surface area contributed by atoms with Crippen molar-refractivity contribution in [1.29, 1.82) is 0 Å². The molecular formula is C16H18N4O2S. The Morgan fingerprint density at radius 2 is 2.17 bits per heavy atom. The van der Waals surface area contributed by atoms with Crippen LogP contribution in [-0.2, 0) is 11.2 Å². The molecule has 2 aromatic heterocycles. The number of carbonyl (C=O) groups excluding carboxylic acids is 1. The Balaban J connectivity index is 1.75. The number of fused-ring (bicyclic) bond motifs is 1. The lowest BCUT2D eigenvalue weighted by molar-refractivity contribution is -0.121. The van der Waals surface area contributed by atoms with Gasteiger partial charge >= 0.3 is 0 Å². The third-order valence-corrected chi connectivity index (χ3v) is 4.58. The molecule has 0 aliphatic carbocycles. The number of furan rings is 1. The van der Waals surface area contributed by atoms with Gasteiger partial charge in [-0.3, -0.25) is 4.79 Å². The van der Waals surface area contributed by atoms with Crippen molar-refractivity contribution in [2.75, 3.05) is 5.73 Å². The number of hydrogen-bond donors (Lipinski definition) is 2. The van der Waals surface area contributed by atoms with E-state index in [4.69, 9.17) is 10.2 Å². The number of nitrogens with two attached hydrogens (primary N) is 1. The van der Waals surface area contributed by atoms with E-state index in [0.29, 0.717) is 10.1 Å². The quantitative estimate of drug-likeness (QED) is 0.767. The fourth-order valence-corrected chi connectivity index (χ4v) is 3.32. The molecule has 0 saturated heterocycles. The minimum absolute atomic E-state index is 0.0889. The van der Waals surface area contributed by atoms with E-state index in [9.17, 15) is 4.79 Å². The van der Waals surface area contributed by atoms with Gasteiger partial charge in [0.25, 0.3) is 0 Å². The molecular weight excluding hydrogens is 312 g/mol. The Labute approximate surface area is 137 Å². The van der Waals surface area contributed by atoms with Gasteiger partial charge in [0.15, 0.2) is 0 Å². The first-order valence-corrected chi connectivity index (χ1v) is 8.11. The van der Waals surface area contributed by atoms with Crippen LogP contribution in [0.1, 0.15) is 34.7 Å². The molecule has 6 nitrogen and oxygen atoms in total. The second-order valence-corrected chi connectivity index (χ2v) is 6.70. The Morgan fingerprint density at radius 3 is 2.87 bits per heavy atom. The second kappa shape index (κ2) is 6.00. The third kappa shape index (κ3) is 3.19. The number of aryl methyl sites for hydroxylation is 2. The van der Waals surface area contributed by atoms with E-state index >= 15 is 0 Å². The van der Waals surface area contributed by atoms with Gasteiger partial charge in [0.05, 0.1) is 18.7 Å². The molecule has 2 heterocycles. The van der Waals surface area contributed by atoms with E-state index in [1.807, 2.05) is 26.8 Å². The minimum Gasteiger partial charge on any atom is -0.464 e. The van der Waals surface area contributed by atoms with Crippen LogP contribution in [0.2, 0.25) is 0 Å². The molecule has 1 atom stereocenters. The van der Waals surface area contributed by atoms with Crippen LogP contribution in [0.4, 0.5) is 5.13 Å². The summed E-state index contributed by atoms with van der Waals surface area (Å²) in [5.74, 6) is -0.0889. The lowest BCUT2D eigenvalue weighted by Gasteiger charge is -2.10. The van der Waals surface area contributed by atoms with Crippen molar-refractivity contribution in [1.82, 2.24) is 15.5 Å². The number of nitrogens with one attached hydrogen (secondary N) is 1. The molecule has 3 aromatic rings. The van der Waals surface area contributed by atoms with Crippen molar-refractivity contribution >= 4 is 33.3 Å². The molecule has 1 amide bonds. The SMILES string of the molecule is Cc1cc(C)c2c(CC(=O)N[C@@H](C)c3nnc(N)s3)coc2c1. The van der Waals surface area contributed by atoms with E-state index in [-0.39, 0.29) is 18.4 Å². The zero-order chi connectivity index (χ0) is 16.6. The van der Waals surface area contributed by atoms with E-state index in [2.05, 4.69) is 21.6 Å². The van der Waals surface area contributed by atoms with Crippen molar-refractivity contribution in [3.05, 3.63) is 40.1 Å². The van der Waals surface area contributed by atoms with Crippen LogP contribution in [0.15, 0.2) is 22.8 Å². The number of amides is 1. The fraction of sp³-hybridized carbons (Fsp3) is 0.312. The van der Waals surface area contributed by atoms with Crippen molar-refractivity contribution < 1.29 is 9.21 Å². The first kappa shape index (κ1) is 15.5. The predicted octanol–water partition coefficient (Wildman–Crippen LogP) is 2.90. The van der Waals surface area contributed by atoms with Gasteiger partial charge in [-0.05, 0) is 38.0 Å². The van der Waals surface area contributed by atoms with Crippen LogP contribution in [0.3, 0.4) is 0 Å². The molecule has 3 rings (SSSR count). The van der Waals surface area contributed by atoms with Gasteiger partial charge in [0, 0.05) is 10.9 Å². The maximum Gasteiger partial charge on any atom is 0.225 e. The molecule has 0 saturated carbocycles. The lowest BCUT2D eigenvalue weighted by atomic mass is 10.0. The zero-order valence-corrected chi connectivity index (χ0v) is 14.0. The summed E-state index contributed by atoms with van der Waals surface area (Å²) >= 11 is 1.27.